The lowest BCUT2D eigenvalue weighted by Crippen LogP contribution is -2.24. The van der Waals surface area contributed by atoms with Crippen LogP contribution in [0.3, 0.4) is 0 Å². The number of hydrogen-bond donors (Lipinski definition) is 3. The molecule has 1 amide bonds. The zero-order valence-corrected chi connectivity index (χ0v) is 30.9. The maximum absolute atomic E-state index is 15.3. The molecule has 0 unspecified atom stereocenters. The Hall–Kier alpha value is -3.82. The zero-order chi connectivity index (χ0) is 36.9. The van der Waals surface area contributed by atoms with Gasteiger partial charge in [-0.25, -0.2) is 8.78 Å². The fourth-order valence-corrected chi connectivity index (χ4v) is 5.19. The van der Waals surface area contributed by atoms with Crippen LogP contribution < -0.4 is 10.1 Å². The van der Waals surface area contributed by atoms with E-state index in [2.05, 4.69) is 10.3 Å². The maximum Gasteiger partial charge on any atom is 0.307 e. The smallest absolute Gasteiger partial charge is 0.307 e. The van der Waals surface area contributed by atoms with Crippen molar-refractivity contribution in [3.8, 4) is 16.9 Å². The van der Waals surface area contributed by atoms with Crippen LogP contribution in [0.2, 0.25) is 5.02 Å². The number of hydrogen-bond acceptors (Lipinski definition) is 5. The maximum atomic E-state index is 15.3. The number of carbonyl (C=O) groups excluding carboxylic acids is 1. The number of aromatic nitrogens is 1. The molecule has 1 aromatic heterocycles. The second-order valence-electron chi connectivity index (χ2n) is 11.8. The van der Waals surface area contributed by atoms with Crippen LogP contribution in [-0.2, 0) is 29.0 Å². The number of carboxylic acids is 1. The van der Waals surface area contributed by atoms with E-state index in [9.17, 15) is 19.1 Å². The van der Waals surface area contributed by atoms with Gasteiger partial charge in [-0.05, 0) is 108 Å². The van der Waals surface area contributed by atoms with Crippen LogP contribution in [-0.4, -0.2) is 39.3 Å². The monoisotopic (exact) mass is 688 g/mol. The number of aliphatic hydroxyl groups is 1. The van der Waals surface area contributed by atoms with Gasteiger partial charge in [-0.1, -0.05) is 45.4 Å². The van der Waals surface area contributed by atoms with Gasteiger partial charge in [0.2, 0.25) is 5.91 Å². The molecule has 0 aliphatic carbocycles. The van der Waals surface area contributed by atoms with Gasteiger partial charge in [-0.15, -0.1) is 0 Å². The van der Waals surface area contributed by atoms with Crippen molar-refractivity contribution >= 4 is 29.6 Å². The molecule has 1 aliphatic heterocycles. The molecule has 0 saturated carbocycles. The number of rotatable bonds is 7. The second-order valence-corrected chi connectivity index (χ2v) is 12.2. The molecule has 0 fully saturated rings. The fraction of sp³-hybridized carbons (Fsp3) is 0.447. The minimum atomic E-state index is -1.06. The van der Waals surface area contributed by atoms with E-state index in [0.29, 0.717) is 46.7 Å². The Bertz CT molecular complexity index is 1590. The summed E-state index contributed by atoms with van der Waals surface area (Å²) >= 11 is 6.08. The first-order valence-corrected chi connectivity index (χ1v) is 16.7. The lowest BCUT2D eigenvalue weighted by atomic mass is 9.85. The van der Waals surface area contributed by atoms with Crippen molar-refractivity contribution in [3.63, 3.8) is 0 Å². The third-order valence-electron chi connectivity index (χ3n) is 6.97. The summed E-state index contributed by atoms with van der Waals surface area (Å²) in [4.78, 5) is 29.4. The molecular weight excluding hydrogens is 638 g/mol. The van der Waals surface area contributed by atoms with Crippen LogP contribution in [0.15, 0.2) is 29.8 Å². The first-order valence-electron chi connectivity index (χ1n) is 16.3. The SMILES string of the molecule is C/C(=C\c1c(C)nc(C)c(CC(=O)O)c1-c1cc(F)c2c(c1C)CCCO2)C(=O)NCc1c(F)cccc1Cl.CC.CC.CC(C)(C)O. The molecule has 0 atom stereocenters. The van der Waals surface area contributed by atoms with E-state index in [4.69, 9.17) is 21.4 Å². The van der Waals surface area contributed by atoms with Crippen molar-refractivity contribution in [1.29, 1.82) is 0 Å². The molecule has 7 nitrogen and oxygen atoms in total. The predicted molar refractivity (Wildman–Crippen MR) is 191 cm³/mol. The number of carboxylic acid groups (broad SMARTS) is 1. The molecule has 0 spiro atoms. The highest BCUT2D eigenvalue weighted by molar-refractivity contribution is 6.31. The molecule has 3 N–H and O–H groups in total. The first-order chi connectivity index (χ1) is 22.5. The van der Waals surface area contributed by atoms with Crippen molar-refractivity contribution in [3.05, 3.63) is 85.7 Å². The molecule has 4 rings (SSSR count). The highest BCUT2D eigenvalue weighted by Crippen LogP contribution is 2.41. The van der Waals surface area contributed by atoms with Gasteiger partial charge in [-0.3, -0.25) is 14.6 Å². The zero-order valence-electron chi connectivity index (χ0n) is 30.1. The number of nitrogens with zero attached hydrogens (tertiary/aromatic N) is 1. The number of halogens is 3. The molecule has 3 aromatic rings. The highest BCUT2D eigenvalue weighted by atomic mass is 35.5. The summed E-state index contributed by atoms with van der Waals surface area (Å²) < 4.78 is 35.0. The van der Waals surface area contributed by atoms with Crippen molar-refractivity contribution in [1.82, 2.24) is 10.3 Å². The predicted octanol–water partition coefficient (Wildman–Crippen LogP) is 9.11. The minimum absolute atomic E-state index is 0.118. The Labute approximate surface area is 289 Å². The molecule has 2 aromatic carbocycles. The van der Waals surface area contributed by atoms with E-state index < -0.39 is 29.1 Å². The number of carbonyl (C=O) groups is 2. The average molecular weight is 689 g/mol. The Morgan fingerprint density at radius 2 is 1.65 bits per heavy atom. The molecule has 10 heteroatoms. The number of ether oxygens (including phenoxy) is 1. The third kappa shape index (κ3) is 11.7. The van der Waals surface area contributed by atoms with Gasteiger partial charge < -0.3 is 20.3 Å². The average Bonchev–Trinajstić information content (AvgIpc) is 3.02. The normalized spacial score (nSPS) is 12.1. The Morgan fingerprint density at radius 3 is 2.21 bits per heavy atom. The van der Waals surface area contributed by atoms with Gasteiger partial charge in [-0.2, -0.15) is 0 Å². The molecule has 2 heterocycles. The van der Waals surface area contributed by atoms with Crippen molar-refractivity contribution in [2.24, 2.45) is 0 Å². The summed E-state index contributed by atoms with van der Waals surface area (Å²) in [5.74, 6) is -2.36. The molecule has 0 radical (unpaired) electrons. The number of benzene rings is 2. The van der Waals surface area contributed by atoms with Gasteiger partial charge in [0.05, 0.1) is 18.6 Å². The van der Waals surface area contributed by atoms with E-state index in [-0.39, 0.29) is 34.9 Å². The Morgan fingerprint density at radius 1 is 1.04 bits per heavy atom. The summed E-state index contributed by atoms with van der Waals surface area (Å²) in [6, 6.07) is 5.65. The van der Waals surface area contributed by atoms with E-state index >= 15 is 4.39 Å². The van der Waals surface area contributed by atoms with E-state index in [1.807, 2.05) is 34.6 Å². The van der Waals surface area contributed by atoms with Gasteiger partial charge >= 0.3 is 5.97 Å². The van der Waals surface area contributed by atoms with Crippen LogP contribution in [0, 0.1) is 32.4 Å². The lowest BCUT2D eigenvalue weighted by Gasteiger charge is -2.24. The van der Waals surface area contributed by atoms with E-state index in [1.165, 1.54) is 24.3 Å². The van der Waals surface area contributed by atoms with Crippen LogP contribution in [0.5, 0.6) is 5.75 Å². The number of nitrogens with one attached hydrogen (secondary N) is 1. The minimum Gasteiger partial charge on any atom is -0.490 e. The molecule has 0 bridgehead atoms. The summed E-state index contributed by atoms with van der Waals surface area (Å²) in [7, 11) is 0. The molecule has 0 saturated heterocycles. The van der Waals surface area contributed by atoms with Crippen molar-refractivity contribution in [2.45, 2.75) is 108 Å². The molecule has 48 heavy (non-hydrogen) atoms. The summed E-state index contributed by atoms with van der Waals surface area (Å²) in [5, 5.41) is 21.1. The highest BCUT2D eigenvalue weighted by Gasteiger charge is 2.26. The number of pyridine rings is 1. The summed E-state index contributed by atoms with van der Waals surface area (Å²) in [6.45, 7) is 20.5. The van der Waals surface area contributed by atoms with Crippen molar-refractivity contribution in [2.75, 3.05) is 6.61 Å². The van der Waals surface area contributed by atoms with Gasteiger partial charge in [0, 0.05) is 45.2 Å². The van der Waals surface area contributed by atoms with Gasteiger partial charge in [0.1, 0.15) is 5.82 Å². The molecular formula is C38H51ClF2N2O5. The standard InChI is InChI=1S/C30H29ClF2N2O4.C4H10O.2C2H6/c1-15(30(38)34-14-23-24(31)8-5-9-25(23)32)11-21-17(3)35-18(4)22(13-27(36)37)28(21)20-12-26(33)29-19(16(20)2)7-6-10-39-29;1-4(2,3)5;2*1-2/h5,8-9,11-12H,6-7,10,13-14H2,1-4H3,(H,34,38)(H,36,37);5H,1-3H3;2*1-2H3/b15-11+;;;. The summed E-state index contributed by atoms with van der Waals surface area (Å²) in [5.41, 5.74) is 4.51. The lowest BCUT2D eigenvalue weighted by molar-refractivity contribution is -0.136. The molecule has 264 valence electrons. The second kappa shape index (κ2) is 19.2. The van der Waals surface area contributed by atoms with E-state index in [1.54, 1.807) is 47.6 Å². The largest absolute Gasteiger partial charge is 0.490 e. The number of aryl methyl sites for hydroxylation is 2. The Kier molecular flexibility index (Phi) is 16.9. The number of fused-ring (bicyclic) bond motifs is 1. The first kappa shape index (κ1) is 42.2. The molecule has 1 aliphatic rings. The number of amides is 1. The van der Waals surface area contributed by atoms with Crippen molar-refractivity contribution < 1.29 is 33.3 Å². The summed E-state index contributed by atoms with van der Waals surface area (Å²) in [6.07, 6.45) is 2.65. The Balaban J connectivity index is 0.00000115. The van der Waals surface area contributed by atoms with Crippen LogP contribution in [0.25, 0.3) is 17.2 Å². The number of aliphatic carboxylic acids is 1. The third-order valence-corrected chi connectivity index (χ3v) is 7.33. The van der Waals surface area contributed by atoms with Crippen LogP contribution in [0.4, 0.5) is 8.78 Å². The van der Waals surface area contributed by atoms with E-state index in [0.717, 1.165) is 17.5 Å². The van der Waals surface area contributed by atoms with Gasteiger partial charge in [0.15, 0.2) is 11.6 Å². The topological polar surface area (TPSA) is 109 Å². The van der Waals surface area contributed by atoms with Crippen LogP contribution in [0.1, 0.15) is 101 Å². The van der Waals surface area contributed by atoms with Gasteiger partial charge in [0.25, 0.3) is 0 Å². The van der Waals surface area contributed by atoms with Crippen LogP contribution >= 0.6 is 11.6 Å². The fourth-order valence-electron chi connectivity index (χ4n) is 4.96. The quantitative estimate of drug-likeness (QED) is 0.214.